The highest BCUT2D eigenvalue weighted by molar-refractivity contribution is 5.80. The standard InChI is InChI=1S/C10H14N6O5/c11-7(10(17)14-12)3-4-13-8-2-1-6(15(18)19)5-9(8)16(20)21/h1-2,5,7,13H,3-4,11-12H2,(H,14,17)/t7-/m0/s1/i1T,2T,5T. The minimum Gasteiger partial charge on any atom is -0.379 e. The Balaban J connectivity index is 3.21. The van der Waals surface area contributed by atoms with E-state index in [1.54, 1.807) is 0 Å². The van der Waals surface area contributed by atoms with Crippen LogP contribution in [0.1, 0.15) is 10.5 Å². The zero-order valence-corrected chi connectivity index (χ0v) is 10.6. The highest BCUT2D eigenvalue weighted by Crippen LogP contribution is 2.28. The third kappa shape index (κ3) is 4.36. The minimum absolute atomic E-state index is 0.0305. The number of nitrogens with zero attached hydrogens (tertiary/aromatic N) is 2. The molecule has 1 aromatic rings. The van der Waals surface area contributed by atoms with Crippen LogP contribution < -0.4 is 22.3 Å². The summed E-state index contributed by atoms with van der Waals surface area (Å²) in [6.07, 6.45) is -0.0305. The fraction of sp³-hybridized carbons (Fsp3) is 0.300. The summed E-state index contributed by atoms with van der Waals surface area (Å²) in [6.45, 7) is -0.127. The van der Waals surface area contributed by atoms with Crippen molar-refractivity contribution in [3.05, 3.63) is 38.4 Å². The molecule has 0 spiro atoms. The molecule has 0 unspecified atom stereocenters. The summed E-state index contributed by atoms with van der Waals surface area (Å²) in [5.41, 5.74) is 4.64. The largest absolute Gasteiger partial charge is 0.379 e. The molecule has 0 aromatic heterocycles. The molecule has 1 aromatic carbocycles. The number of nitrogens with one attached hydrogen (secondary N) is 2. The van der Waals surface area contributed by atoms with Crippen molar-refractivity contribution >= 4 is 23.0 Å². The number of nitro benzene ring substituents is 2. The van der Waals surface area contributed by atoms with Crippen molar-refractivity contribution < 1.29 is 18.8 Å². The Hall–Kier alpha value is -2.79. The number of benzene rings is 1. The van der Waals surface area contributed by atoms with Gasteiger partial charge in [0.2, 0.25) is 0 Å². The number of hydrazine groups is 1. The lowest BCUT2D eigenvalue weighted by molar-refractivity contribution is -0.393. The van der Waals surface area contributed by atoms with E-state index < -0.39 is 57.0 Å². The molecular weight excluding hydrogens is 284 g/mol. The predicted molar refractivity (Wildman–Crippen MR) is 73.2 cm³/mol. The zero-order valence-electron chi connectivity index (χ0n) is 13.6. The van der Waals surface area contributed by atoms with Crippen LogP contribution in [0.5, 0.6) is 0 Å². The highest BCUT2D eigenvalue weighted by atomic mass is 16.6. The summed E-state index contributed by atoms with van der Waals surface area (Å²) in [4.78, 5) is 30.9. The van der Waals surface area contributed by atoms with Gasteiger partial charge in [0.15, 0.2) is 0 Å². The van der Waals surface area contributed by atoms with E-state index in [-0.39, 0.29) is 13.0 Å². The van der Waals surface area contributed by atoms with Gasteiger partial charge in [-0.3, -0.25) is 30.4 Å². The number of carbonyl (C=O) groups is 1. The second-order valence-corrected chi connectivity index (χ2v) is 3.79. The quantitative estimate of drug-likeness (QED) is 0.227. The molecule has 1 atom stereocenters. The van der Waals surface area contributed by atoms with Gasteiger partial charge < -0.3 is 11.1 Å². The van der Waals surface area contributed by atoms with E-state index in [0.29, 0.717) is 0 Å². The fourth-order valence-corrected chi connectivity index (χ4v) is 1.33. The minimum atomic E-state index is -1.13. The monoisotopic (exact) mass is 304 g/mol. The van der Waals surface area contributed by atoms with E-state index in [0.717, 1.165) is 0 Å². The van der Waals surface area contributed by atoms with Gasteiger partial charge in [-0.2, -0.15) is 0 Å². The Labute approximate surface area is 122 Å². The lowest BCUT2D eigenvalue weighted by atomic mass is 10.2. The van der Waals surface area contributed by atoms with Gasteiger partial charge in [0, 0.05) is 12.6 Å². The van der Waals surface area contributed by atoms with Gasteiger partial charge >= 0.3 is 0 Å². The van der Waals surface area contributed by atoms with Gasteiger partial charge in [0.1, 0.15) is 5.69 Å². The lowest BCUT2D eigenvalue weighted by Crippen LogP contribution is -2.44. The summed E-state index contributed by atoms with van der Waals surface area (Å²) in [5, 5.41) is 24.4. The summed E-state index contributed by atoms with van der Waals surface area (Å²) in [6, 6.07) is -3.85. The molecule has 11 nitrogen and oxygen atoms in total. The van der Waals surface area contributed by atoms with Crippen molar-refractivity contribution in [2.45, 2.75) is 12.5 Å². The summed E-state index contributed by atoms with van der Waals surface area (Å²) in [7, 11) is 0. The molecule has 0 saturated carbocycles. The normalized spacial score (nSPS) is 13.5. The van der Waals surface area contributed by atoms with Crippen molar-refractivity contribution in [1.82, 2.24) is 5.43 Å². The first kappa shape index (κ1) is 12.0. The van der Waals surface area contributed by atoms with Crippen molar-refractivity contribution in [2.75, 3.05) is 11.9 Å². The Morgan fingerprint density at radius 1 is 1.38 bits per heavy atom. The Bertz CT molecular complexity index is 700. The first-order valence-corrected chi connectivity index (χ1v) is 5.55. The van der Waals surface area contributed by atoms with Crippen LogP contribution in [0.15, 0.2) is 18.1 Å². The molecule has 0 aliphatic carbocycles. The highest BCUT2D eigenvalue weighted by Gasteiger charge is 2.19. The van der Waals surface area contributed by atoms with Crippen LogP contribution in [-0.2, 0) is 4.79 Å². The Kier molecular flexibility index (Phi) is 4.06. The third-order valence-corrected chi connectivity index (χ3v) is 2.38. The van der Waals surface area contributed by atoms with Crippen molar-refractivity contribution in [2.24, 2.45) is 11.6 Å². The van der Waals surface area contributed by atoms with Crippen molar-refractivity contribution in [3.63, 3.8) is 0 Å². The van der Waals surface area contributed by atoms with E-state index in [2.05, 4.69) is 5.32 Å². The molecule has 11 heteroatoms. The molecule has 0 heterocycles. The van der Waals surface area contributed by atoms with E-state index in [4.69, 9.17) is 15.7 Å². The van der Waals surface area contributed by atoms with Crippen molar-refractivity contribution in [3.8, 4) is 0 Å². The Morgan fingerprint density at radius 3 is 2.57 bits per heavy atom. The zero-order chi connectivity index (χ0) is 18.6. The second kappa shape index (κ2) is 7.12. The molecule has 1 rings (SSSR count). The Morgan fingerprint density at radius 2 is 2.05 bits per heavy atom. The average molecular weight is 304 g/mol. The van der Waals surface area contributed by atoms with Crippen LogP contribution in [0.4, 0.5) is 17.1 Å². The van der Waals surface area contributed by atoms with E-state index in [1.807, 2.05) is 5.43 Å². The first-order chi connectivity index (χ1) is 11.1. The molecule has 0 bridgehead atoms. The van der Waals surface area contributed by atoms with Crippen LogP contribution in [0.25, 0.3) is 0 Å². The maximum absolute atomic E-state index is 11.2. The number of hydrogen-bond donors (Lipinski definition) is 4. The first-order valence-electron chi connectivity index (χ1n) is 7.05. The summed E-state index contributed by atoms with van der Waals surface area (Å²) < 4.78 is 22.8. The number of nitrogens with two attached hydrogens (primary N) is 2. The molecule has 114 valence electrons. The SMILES string of the molecule is [3H]c1c([3H])c([N+](=O)[O-])c([3H])c([N+](=O)[O-])c1NCC[C@H](N)C(=O)NN. The predicted octanol–water partition coefficient (Wildman–Crippen LogP) is -0.378. The number of amides is 1. The van der Waals surface area contributed by atoms with Gasteiger partial charge in [0.05, 0.1) is 26.0 Å². The van der Waals surface area contributed by atoms with Gasteiger partial charge in [-0.05, 0) is 12.5 Å². The molecule has 0 aliphatic heterocycles. The molecule has 0 saturated heterocycles. The van der Waals surface area contributed by atoms with Crippen LogP contribution in [0, 0.1) is 20.2 Å². The van der Waals surface area contributed by atoms with Crippen LogP contribution >= 0.6 is 0 Å². The van der Waals surface area contributed by atoms with E-state index in [9.17, 15) is 25.0 Å². The molecule has 0 fully saturated rings. The maximum Gasteiger partial charge on any atom is 0.299 e. The van der Waals surface area contributed by atoms with Crippen LogP contribution in [0.3, 0.4) is 0 Å². The van der Waals surface area contributed by atoms with Crippen LogP contribution in [-0.4, -0.2) is 28.3 Å². The van der Waals surface area contributed by atoms with Crippen LogP contribution in [0.2, 0.25) is 0 Å². The molecular formula is C10H14N6O5. The third-order valence-electron chi connectivity index (χ3n) is 2.38. The number of anilines is 1. The van der Waals surface area contributed by atoms with Gasteiger partial charge in [-0.25, -0.2) is 5.84 Å². The molecule has 21 heavy (non-hydrogen) atoms. The summed E-state index contributed by atoms with van der Waals surface area (Å²) >= 11 is 0. The lowest BCUT2D eigenvalue weighted by Gasteiger charge is -2.11. The number of nitro groups is 2. The summed E-state index contributed by atoms with van der Waals surface area (Å²) in [5.74, 6) is 4.22. The van der Waals surface area contributed by atoms with Crippen molar-refractivity contribution in [1.29, 1.82) is 0 Å². The van der Waals surface area contributed by atoms with E-state index in [1.165, 1.54) is 0 Å². The average Bonchev–Trinajstić information content (AvgIpc) is 2.50. The number of rotatable bonds is 7. The maximum atomic E-state index is 11.2. The topological polar surface area (TPSA) is 179 Å². The van der Waals surface area contributed by atoms with Gasteiger partial charge in [0.25, 0.3) is 17.3 Å². The fourth-order valence-electron chi connectivity index (χ4n) is 1.33. The molecule has 0 radical (unpaired) electrons. The molecule has 0 aliphatic rings. The number of carbonyl (C=O) groups excluding carboxylic acids is 1. The van der Waals surface area contributed by atoms with Gasteiger partial charge in [-0.15, -0.1) is 0 Å². The molecule has 1 amide bonds. The number of hydrogen-bond acceptors (Lipinski definition) is 8. The van der Waals surface area contributed by atoms with Gasteiger partial charge in [-0.1, -0.05) is 0 Å². The second-order valence-electron chi connectivity index (χ2n) is 3.79. The smallest absolute Gasteiger partial charge is 0.299 e. The van der Waals surface area contributed by atoms with E-state index >= 15 is 0 Å². The molecule has 6 N–H and O–H groups in total.